The number of amides is 3. The normalized spacial score (nSPS) is 12.9. The number of alkyl carbamates (subject to hydrolysis) is 1. The Morgan fingerprint density at radius 1 is 0.894 bits per heavy atom. The fourth-order valence-corrected chi connectivity index (χ4v) is 5.50. The Hall–Kier alpha value is -3.28. The van der Waals surface area contributed by atoms with Crippen molar-refractivity contribution in [2.75, 3.05) is 31.9 Å². The summed E-state index contributed by atoms with van der Waals surface area (Å²) < 4.78 is 7.45. The highest BCUT2D eigenvalue weighted by molar-refractivity contribution is 7.97. The Bertz CT molecular complexity index is 1150. The van der Waals surface area contributed by atoms with Crippen LogP contribution in [-0.2, 0) is 20.7 Å². The number of hydrogen-bond acceptors (Lipinski definition) is 8. The molecule has 0 aliphatic rings. The van der Waals surface area contributed by atoms with Crippen molar-refractivity contribution >= 4 is 35.5 Å². The van der Waals surface area contributed by atoms with Crippen molar-refractivity contribution in [3.05, 3.63) is 60.2 Å². The maximum absolute atomic E-state index is 12.9. The Labute approximate surface area is 287 Å². The molecule has 3 atom stereocenters. The van der Waals surface area contributed by atoms with Crippen LogP contribution in [0.2, 0.25) is 0 Å². The summed E-state index contributed by atoms with van der Waals surface area (Å²) in [6, 6.07) is 16.6. The zero-order chi connectivity index (χ0) is 35.2. The molecule has 3 amide bonds. The molecule has 0 aliphatic carbocycles. The quantitative estimate of drug-likeness (QED) is 0.0930. The second kappa shape index (κ2) is 23.9. The van der Waals surface area contributed by atoms with E-state index >= 15 is 0 Å². The predicted octanol–water partition coefficient (Wildman–Crippen LogP) is 5.80. The lowest BCUT2D eigenvalue weighted by molar-refractivity contribution is -0.126. The molecule has 0 saturated carbocycles. The Kier molecular flexibility index (Phi) is 21.3. The Morgan fingerprint density at radius 2 is 1.51 bits per heavy atom. The smallest absolute Gasteiger partial charge is 0.407 e. The van der Waals surface area contributed by atoms with Crippen molar-refractivity contribution < 1.29 is 24.2 Å². The number of nitrogens with zero attached hydrogens (tertiary/aromatic N) is 1. The van der Waals surface area contributed by atoms with Crippen LogP contribution in [-0.4, -0.2) is 71.7 Å². The summed E-state index contributed by atoms with van der Waals surface area (Å²) in [6.07, 6.45) is 2.11. The van der Waals surface area contributed by atoms with Crippen molar-refractivity contribution in [1.82, 2.24) is 20.3 Å². The molecule has 0 radical (unpaired) electrons. The number of aliphatic hydroxyl groups is 1. The fraction of sp³-hybridized carbons (Fsp3) is 0.583. The van der Waals surface area contributed by atoms with Gasteiger partial charge in [0.15, 0.2) is 0 Å². The van der Waals surface area contributed by atoms with Crippen LogP contribution in [0.25, 0.3) is 0 Å². The van der Waals surface area contributed by atoms with Gasteiger partial charge in [-0.05, 0) is 72.9 Å². The van der Waals surface area contributed by atoms with Gasteiger partial charge in [-0.1, -0.05) is 91.6 Å². The maximum atomic E-state index is 12.9. The van der Waals surface area contributed by atoms with Crippen molar-refractivity contribution in [2.24, 2.45) is 11.8 Å². The van der Waals surface area contributed by atoms with Crippen molar-refractivity contribution in [1.29, 1.82) is 0 Å². The molecule has 0 aliphatic heterocycles. The molecular weight excluding hydrogens is 614 g/mol. The third-order valence-electron chi connectivity index (χ3n) is 6.63. The first-order valence-electron chi connectivity index (χ1n) is 16.8. The molecule has 0 aromatic heterocycles. The lowest BCUT2D eigenvalue weighted by atomic mass is 10.0. The largest absolute Gasteiger partial charge is 0.446 e. The van der Waals surface area contributed by atoms with Crippen molar-refractivity contribution in [2.45, 2.75) is 104 Å². The van der Waals surface area contributed by atoms with Crippen molar-refractivity contribution in [3.63, 3.8) is 0 Å². The first-order chi connectivity index (χ1) is 22.3. The SMILES string of the molecule is CC(C)C.CCCCC(CC)OC(=O)NCC(=O)NCC(=O)NC(Cc1ccccc1)C(O)CN(CC(C)C)Sc1ccc(N)cc1. The van der Waals surface area contributed by atoms with E-state index in [0.29, 0.717) is 31.0 Å². The van der Waals surface area contributed by atoms with Gasteiger partial charge in [0.05, 0.1) is 18.7 Å². The number of carbonyl (C=O) groups is 3. The topological polar surface area (TPSA) is 146 Å². The van der Waals surface area contributed by atoms with Crippen LogP contribution in [0.15, 0.2) is 59.5 Å². The summed E-state index contributed by atoms with van der Waals surface area (Å²) in [5, 5.41) is 19.2. The van der Waals surface area contributed by atoms with E-state index < -0.39 is 30.1 Å². The fourth-order valence-electron chi connectivity index (χ4n) is 4.34. The number of rotatable bonds is 19. The van der Waals surface area contributed by atoms with Crippen LogP contribution in [0.5, 0.6) is 0 Å². The van der Waals surface area contributed by atoms with Gasteiger partial charge in [0.1, 0.15) is 12.6 Å². The van der Waals surface area contributed by atoms with Crippen LogP contribution in [0, 0.1) is 11.8 Å². The van der Waals surface area contributed by atoms with Gasteiger partial charge in [0.25, 0.3) is 0 Å². The average Bonchev–Trinajstić information content (AvgIpc) is 3.01. The molecule has 11 heteroatoms. The first kappa shape index (κ1) is 41.7. The van der Waals surface area contributed by atoms with E-state index in [1.54, 1.807) is 0 Å². The highest BCUT2D eigenvalue weighted by Crippen LogP contribution is 2.25. The third kappa shape index (κ3) is 20.5. The van der Waals surface area contributed by atoms with Crippen molar-refractivity contribution in [3.8, 4) is 0 Å². The summed E-state index contributed by atoms with van der Waals surface area (Å²) >= 11 is 1.53. The number of nitrogens with two attached hydrogens (primary N) is 1. The molecule has 0 bridgehead atoms. The molecule has 0 spiro atoms. The second-order valence-electron chi connectivity index (χ2n) is 12.8. The molecule has 47 heavy (non-hydrogen) atoms. The van der Waals surface area contributed by atoms with E-state index in [1.807, 2.05) is 61.5 Å². The van der Waals surface area contributed by atoms with E-state index in [0.717, 1.165) is 42.2 Å². The number of benzene rings is 2. The third-order valence-corrected chi connectivity index (χ3v) is 7.67. The number of aliphatic hydroxyl groups excluding tert-OH is 1. The number of carbonyl (C=O) groups excluding carboxylic acids is 3. The average molecular weight is 674 g/mol. The molecular formula is C36H59N5O5S. The molecule has 264 valence electrons. The number of unbranched alkanes of at least 4 members (excludes halogenated alkanes) is 1. The Morgan fingerprint density at radius 3 is 2.09 bits per heavy atom. The molecule has 2 aromatic carbocycles. The molecule has 0 fully saturated rings. The van der Waals surface area contributed by atoms with E-state index in [4.69, 9.17) is 10.5 Å². The van der Waals surface area contributed by atoms with E-state index in [9.17, 15) is 19.5 Å². The van der Waals surface area contributed by atoms with Gasteiger partial charge in [-0.25, -0.2) is 9.10 Å². The standard InChI is InChI=1S/C32H49N5O5S.C4H10/c1-5-7-13-26(6-2)42-32(41)35-19-30(39)34-20-31(40)36-28(18-24-11-9-8-10-12-24)29(38)22-37(21-23(3)4)43-27-16-14-25(33)15-17-27;1-4(2)3/h8-12,14-17,23,26,28-29,38H,5-7,13,18-22,33H2,1-4H3,(H,34,39)(H,35,41)(H,36,40);4H,1-3H3. The molecule has 0 heterocycles. The number of ether oxygens (including phenoxy) is 1. The lowest BCUT2D eigenvalue weighted by Gasteiger charge is -2.30. The van der Waals surface area contributed by atoms with Crippen LogP contribution >= 0.6 is 11.9 Å². The maximum Gasteiger partial charge on any atom is 0.407 e. The number of nitrogens with one attached hydrogen (secondary N) is 3. The van der Waals surface area contributed by atoms with Gasteiger partial charge in [-0.2, -0.15) is 0 Å². The van der Waals surface area contributed by atoms with Crippen LogP contribution < -0.4 is 21.7 Å². The molecule has 6 N–H and O–H groups in total. The van der Waals surface area contributed by atoms with E-state index in [2.05, 4.69) is 61.8 Å². The summed E-state index contributed by atoms with van der Waals surface area (Å²) in [6.45, 7) is 15.2. The zero-order valence-electron chi connectivity index (χ0n) is 29.5. The van der Waals surface area contributed by atoms with Crippen LogP contribution in [0.3, 0.4) is 0 Å². The Balaban J connectivity index is 0.00000260. The monoisotopic (exact) mass is 673 g/mol. The van der Waals surface area contributed by atoms with Crippen LogP contribution in [0.1, 0.15) is 79.7 Å². The summed E-state index contributed by atoms with van der Waals surface area (Å²) in [5.74, 6) is 0.223. The molecule has 3 unspecified atom stereocenters. The number of anilines is 1. The van der Waals surface area contributed by atoms with Crippen LogP contribution in [0.4, 0.5) is 10.5 Å². The molecule has 2 rings (SSSR count). The highest BCUT2D eigenvalue weighted by atomic mass is 32.2. The molecule has 0 saturated heterocycles. The van der Waals surface area contributed by atoms with Gasteiger partial charge in [0.2, 0.25) is 11.8 Å². The minimum absolute atomic E-state index is 0.192. The summed E-state index contributed by atoms with van der Waals surface area (Å²) in [7, 11) is 0. The number of hydrogen-bond donors (Lipinski definition) is 5. The van der Waals surface area contributed by atoms with Gasteiger partial charge in [-0.15, -0.1) is 0 Å². The second-order valence-corrected chi connectivity index (χ2v) is 13.9. The van der Waals surface area contributed by atoms with Gasteiger partial charge < -0.3 is 31.5 Å². The lowest BCUT2D eigenvalue weighted by Crippen LogP contribution is -2.51. The van der Waals surface area contributed by atoms with E-state index in [-0.39, 0.29) is 19.2 Å². The molecule has 10 nitrogen and oxygen atoms in total. The first-order valence-corrected chi connectivity index (χ1v) is 17.6. The minimum Gasteiger partial charge on any atom is -0.446 e. The summed E-state index contributed by atoms with van der Waals surface area (Å²) in [5.41, 5.74) is 7.48. The van der Waals surface area contributed by atoms with Gasteiger partial charge in [0, 0.05) is 23.7 Å². The van der Waals surface area contributed by atoms with Gasteiger partial charge in [-0.3, -0.25) is 9.59 Å². The highest BCUT2D eigenvalue weighted by Gasteiger charge is 2.25. The van der Waals surface area contributed by atoms with Gasteiger partial charge >= 0.3 is 6.09 Å². The zero-order valence-corrected chi connectivity index (χ0v) is 30.3. The number of nitrogen functional groups attached to an aromatic ring is 1. The predicted molar refractivity (Wildman–Crippen MR) is 193 cm³/mol. The summed E-state index contributed by atoms with van der Waals surface area (Å²) in [4.78, 5) is 38.2. The minimum atomic E-state index is -0.893. The van der Waals surface area contributed by atoms with E-state index in [1.165, 1.54) is 11.9 Å². The molecule has 2 aromatic rings.